The van der Waals surface area contributed by atoms with Gasteiger partial charge < -0.3 is 0 Å². The fraction of sp³-hybridized carbons (Fsp3) is 0.111. The summed E-state index contributed by atoms with van der Waals surface area (Å²) in [4.78, 5) is 42.3. The van der Waals surface area contributed by atoms with Crippen molar-refractivity contribution in [3.63, 3.8) is 0 Å². The first kappa shape index (κ1) is 17.3. The monoisotopic (exact) mass is 447 g/mol. The maximum absolute atomic E-state index is 12.8. The van der Waals surface area contributed by atoms with E-state index in [4.69, 9.17) is 0 Å². The van der Waals surface area contributed by atoms with Crippen molar-refractivity contribution in [1.29, 1.82) is 0 Å². The molecular weight excluding hydrogens is 433 g/mol. The van der Waals surface area contributed by atoms with E-state index in [1.807, 2.05) is 24.3 Å². The molecule has 7 heteroatoms. The molecule has 2 aromatic rings. The molecule has 1 N–H and O–H groups in total. The van der Waals surface area contributed by atoms with Crippen molar-refractivity contribution in [2.45, 2.75) is 6.92 Å². The van der Waals surface area contributed by atoms with Gasteiger partial charge in [0, 0.05) is 9.78 Å². The largest absolute Gasteiger partial charge is 0.335 e. The maximum atomic E-state index is 12.8. The number of hydrogen-bond donors (Lipinski definition) is 1. The van der Waals surface area contributed by atoms with E-state index in [1.54, 1.807) is 31.2 Å². The standard InChI is InChI=1S/C18H14IN3O3/c1-11-6-2-5-9-15(11)22-17(24)12(16(23)21-18(22)25)10-20-14-8-4-3-7-13(14)19/h2-10,12H,1H3,(H,21,23,25)/t12-/m0/s1. The number of aliphatic imine (C=N–C) groups is 1. The van der Waals surface area contributed by atoms with Gasteiger partial charge in [-0.3, -0.25) is 19.9 Å². The minimum absolute atomic E-state index is 0.449. The molecule has 2 aromatic carbocycles. The number of nitrogens with zero attached hydrogens (tertiary/aromatic N) is 2. The number of halogens is 1. The van der Waals surface area contributed by atoms with Gasteiger partial charge in [-0.1, -0.05) is 30.3 Å². The van der Waals surface area contributed by atoms with Gasteiger partial charge in [0.15, 0.2) is 5.92 Å². The van der Waals surface area contributed by atoms with E-state index in [0.29, 0.717) is 11.4 Å². The highest BCUT2D eigenvalue weighted by Gasteiger charge is 2.40. The second-order valence-electron chi connectivity index (χ2n) is 5.46. The Kier molecular flexibility index (Phi) is 4.93. The minimum Gasteiger partial charge on any atom is -0.276 e. The summed E-state index contributed by atoms with van der Waals surface area (Å²) in [6, 6.07) is 13.6. The van der Waals surface area contributed by atoms with Crippen LogP contribution >= 0.6 is 22.6 Å². The maximum Gasteiger partial charge on any atom is 0.335 e. The normalized spacial score (nSPS) is 17.9. The summed E-state index contributed by atoms with van der Waals surface area (Å²) in [7, 11) is 0. The zero-order valence-electron chi connectivity index (χ0n) is 13.3. The molecule has 0 saturated carbocycles. The van der Waals surface area contributed by atoms with Gasteiger partial charge in [-0.05, 0) is 53.3 Å². The van der Waals surface area contributed by atoms with E-state index < -0.39 is 23.8 Å². The topological polar surface area (TPSA) is 78.8 Å². The van der Waals surface area contributed by atoms with E-state index >= 15 is 0 Å². The molecule has 0 radical (unpaired) electrons. The van der Waals surface area contributed by atoms with Gasteiger partial charge in [-0.25, -0.2) is 9.69 Å². The van der Waals surface area contributed by atoms with Gasteiger partial charge in [0.25, 0.3) is 5.91 Å². The third-order valence-corrected chi connectivity index (χ3v) is 4.69. The van der Waals surface area contributed by atoms with Crippen LogP contribution in [-0.4, -0.2) is 24.1 Å². The molecule has 6 nitrogen and oxygen atoms in total. The predicted molar refractivity (Wildman–Crippen MR) is 103 cm³/mol. The van der Waals surface area contributed by atoms with Crippen molar-refractivity contribution >= 4 is 58.0 Å². The van der Waals surface area contributed by atoms with Crippen LogP contribution in [0.4, 0.5) is 16.2 Å². The number of para-hydroxylation sites is 2. The van der Waals surface area contributed by atoms with Crippen molar-refractivity contribution in [3.05, 3.63) is 57.7 Å². The predicted octanol–water partition coefficient (Wildman–Crippen LogP) is 3.20. The average Bonchev–Trinajstić information content (AvgIpc) is 2.57. The molecule has 0 aliphatic carbocycles. The number of carbonyl (C=O) groups excluding carboxylic acids is 3. The Labute approximate surface area is 158 Å². The molecule has 1 atom stereocenters. The molecule has 1 fully saturated rings. The molecule has 1 heterocycles. The van der Waals surface area contributed by atoms with Crippen molar-refractivity contribution in [3.8, 4) is 0 Å². The van der Waals surface area contributed by atoms with Gasteiger partial charge in [0.1, 0.15) is 0 Å². The molecule has 25 heavy (non-hydrogen) atoms. The molecule has 1 saturated heterocycles. The van der Waals surface area contributed by atoms with Gasteiger partial charge in [0.2, 0.25) is 5.91 Å². The van der Waals surface area contributed by atoms with Crippen LogP contribution < -0.4 is 10.2 Å². The zero-order chi connectivity index (χ0) is 18.0. The lowest BCUT2D eigenvalue weighted by Crippen LogP contribution is -2.58. The molecule has 4 amide bonds. The zero-order valence-corrected chi connectivity index (χ0v) is 15.4. The highest BCUT2D eigenvalue weighted by Crippen LogP contribution is 2.25. The quantitative estimate of drug-likeness (QED) is 0.446. The van der Waals surface area contributed by atoms with Crippen LogP contribution in [0, 0.1) is 16.4 Å². The second kappa shape index (κ2) is 7.14. The lowest BCUT2D eigenvalue weighted by molar-refractivity contribution is -0.131. The minimum atomic E-state index is -1.16. The number of carbonyl (C=O) groups is 3. The number of nitrogens with one attached hydrogen (secondary N) is 1. The van der Waals surface area contributed by atoms with E-state index in [1.165, 1.54) is 6.21 Å². The third-order valence-electron chi connectivity index (χ3n) is 3.77. The Balaban J connectivity index is 1.94. The smallest absolute Gasteiger partial charge is 0.276 e. The Morgan fingerprint density at radius 2 is 1.76 bits per heavy atom. The Morgan fingerprint density at radius 3 is 2.48 bits per heavy atom. The molecule has 1 aliphatic rings. The lowest BCUT2D eigenvalue weighted by atomic mass is 10.0. The Hall–Kier alpha value is -2.55. The van der Waals surface area contributed by atoms with Gasteiger partial charge in [-0.15, -0.1) is 0 Å². The van der Waals surface area contributed by atoms with Crippen LogP contribution in [0.2, 0.25) is 0 Å². The summed E-state index contributed by atoms with van der Waals surface area (Å²) >= 11 is 2.12. The first-order chi connectivity index (χ1) is 12.0. The van der Waals surface area contributed by atoms with Crippen LogP contribution in [0.1, 0.15) is 5.56 Å². The van der Waals surface area contributed by atoms with Crippen molar-refractivity contribution in [1.82, 2.24) is 5.32 Å². The van der Waals surface area contributed by atoms with E-state index in [0.717, 1.165) is 14.0 Å². The number of hydrogen-bond acceptors (Lipinski definition) is 4. The summed E-state index contributed by atoms with van der Waals surface area (Å²) in [6.45, 7) is 1.79. The summed E-state index contributed by atoms with van der Waals surface area (Å²) in [5, 5.41) is 2.22. The number of anilines is 1. The SMILES string of the molecule is Cc1ccccc1N1C(=O)NC(=O)[C@H](C=Nc2ccccc2I)C1=O. The summed E-state index contributed by atoms with van der Waals surface area (Å²) in [5.41, 5.74) is 1.86. The molecule has 0 bridgehead atoms. The summed E-state index contributed by atoms with van der Waals surface area (Å²) < 4.78 is 0.895. The van der Waals surface area contributed by atoms with E-state index in [2.05, 4.69) is 32.9 Å². The number of aryl methyl sites for hydroxylation is 1. The lowest BCUT2D eigenvalue weighted by Gasteiger charge is -2.29. The summed E-state index contributed by atoms with van der Waals surface area (Å²) in [5.74, 6) is -2.44. The highest BCUT2D eigenvalue weighted by atomic mass is 127. The molecule has 3 rings (SSSR count). The van der Waals surface area contributed by atoms with Crippen LogP contribution in [0.15, 0.2) is 53.5 Å². The highest BCUT2D eigenvalue weighted by molar-refractivity contribution is 14.1. The van der Waals surface area contributed by atoms with Gasteiger partial charge in [0.05, 0.1) is 11.4 Å². The molecule has 0 unspecified atom stereocenters. The van der Waals surface area contributed by atoms with Gasteiger partial charge in [-0.2, -0.15) is 0 Å². The number of benzene rings is 2. The Morgan fingerprint density at radius 1 is 1.08 bits per heavy atom. The molecule has 0 spiro atoms. The fourth-order valence-corrected chi connectivity index (χ4v) is 3.00. The molecule has 0 aromatic heterocycles. The number of imide groups is 2. The van der Waals surface area contributed by atoms with Crippen molar-refractivity contribution < 1.29 is 14.4 Å². The number of rotatable bonds is 3. The second-order valence-corrected chi connectivity index (χ2v) is 6.62. The molecular formula is C18H14IN3O3. The van der Waals surface area contributed by atoms with Crippen LogP contribution in [0.3, 0.4) is 0 Å². The number of barbiturate groups is 1. The Bertz CT molecular complexity index is 895. The third kappa shape index (κ3) is 3.46. The van der Waals surface area contributed by atoms with E-state index in [-0.39, 0.29) is 0 Å². The fourth-order valence-electron chi connectivity index (χ4n) is 2.48. The van der Waals surface area contributed by atoms with Crippen molar-refractivity contribution in [2.75, 3.05) is 4.90 Å². The van der Waals surface area contributed by atoms with E-state index in [9.17, 15) is 14.4 Å². The van der Waals surface area contributed by atoms with Crippen LogP contribution in [0.5, 0.6) is 0 Å². The van der Waals surface area contributed by atoms with Gasteiger partial charge >= 0.3 is 6.03 Å². The average molecular weight is 447 g/mol. The summed E-state index contributed by atoms with van der Waals surface area (Å²) in [6.07, 6.45) is 1.28. The number of amides is 4. The first-order valence-electron chi connectivity index (χ1n) is 7.52. The first-order valence-corrected chi connectivity index (χ1v) is 8.60. The van der Waals surface area contributed by atoms with Crippen LogP contribution in [0.25, 0.3) is 0 Å². The molecule has 126 valence electrons. The molecule has 1 aliphatic heterocycles. The number of urea groups is 1. The van der Waals surface area contributed by atoms with Crippen molar-refractivity contribution in [2.24, 2.45) is 10.9 Å². The van der Waals surface area contributed by atoms with Crippen LogP contribution in [-0.2, 0) is 9.59 Å².